The van der Waals surface area contributed by atoms with Crippen molar-refractivity contribution in [1.29, 1.82) is 5.26 Å². The maximum atomic E-state index is 12.2. The van der Waals surface area contributed by atoms with Crippen LogP contribution in [0.2, 0.25) is 0 Å². The molecule has 18 heavy (non-hydrogen) atoms. The molecule has 0 fully saturated rings. The molecule has 0 atom stereocenters. The number of thioether (sulfide) groups is 1. The van der Waals surface area contributed by atoms with Crippen LogP contribution < -0.4 is 11.2 Å². The van der Waals surface area contributed by atoms with E-state index in [0.717, 1.165) is 16.3 Å². The van der Waals surface area contributed by atoms with E-state index in [-0.39, 0.29) is 4.90 Å². The summed E-state index contributed by atoms with van der Waals surface area (Å²) in [6.45, 7) is 1.60. The van der Waals surface area contributed by atoms with Gasteiger partial charge in [-0.1, -0.05) is 18.2 Å². The van der Waals surface area contributed by atoms with Crippen LogP contribution in [0.3, 0.4) is 0 Å². The Kier molecular flexibility index (Phi) is 3.35. The molecule has 1 N–H and O–H groups in total. The molecule has 0 bridgehead atoms. The highest BCUT2D eigenvalue weighted by atomic mass is 32.2. The Bertz CT molecular complexity index is 726. The average molecular weight is 259 g/mol. The molecule has 0 aliphatic carbocycles. The minimum absolute atomic E-state index is 0.237. The summed E-state index contributed by atoms with van der Waals surface area (Å²) in [5.74, 6) is 0. The molecular weight excluding hydrogens is 250 g/mol. The van der Waals surface area contributed by atoms with Crippen LogP contribution >= 0.6 is 11.8 Å². The molecule has 1 heterocycles. The van der Waals surface area contributed by atoms with Crippen LogP contribution in [-0.2, 0) is 0 Å². The van der Waals surface area contributed by atoms with Crippen molar-refractivity contribution < 1.29 is 0 Å². The molecule has 6 heteroatoms. The van der Waals surface area contributed by atoms with Crippen LogP contribution in [0.4, 0.5) is 0 Å². The highest BCUT2D eigenvalue weighted by molar-refractivity contribution is 8.03. The van der Waals surface area contributed by atoms with E-state index in [1.165, 1.54) is 0 Å². The summed E-state index contributed by atoms with van der Waals surface area (Å²) in [5.41, 5.74) is -0.104. The lowest BCUT2D eigenvalue weighted by Crippen LogP contribution is -2.35. The first-order valence-electron chi connectivity index (χ1n) is 5.12. The molecular formula is C12H9N3O2S. The summed E-state index contributed by atoms with van der Waals surface area (Å²) in [5, 5.41) is 10.5. The summed E-state index contributed by atoms with van der Waals surface area (Å²) in [7, 11) is 0. The van der Waals surface area contributed by atoms with Crippen molar-refractivity contribution in [2.45, 2.75) is 11.8 Å². The first kappa shape index (κ1) is 12.2. The molecule has 2 aromatic rings. The standard InChI is InChI=1S/C12H9N3O2S/c1-8-10(18-7-13)11(16)15(12(17)14-8)9-5-3-2-4-6-9/h2-6H,1H3,(H,14,17). The zero-order valence-electron chi connectivity index (χ0n) is 9.51. The Morgan fingerprint density at radius 3 is 2.56 bits per heavy atom. The number of benzene rings is 1. The normalized spacial score (nSPS) is 10.0. The lowest BCUT2D eigenvalue weighted by atomic mass is 10.3. The number of nitrogens with one attached hydrogen (secondary N) is 1. The number of hydrogen-bond donors (Lipinski definition) is 1. The molecule has 0 aliphatic rings. The van der Waals surface area contributed by atoms with Gasteiger partial charge in [0.25, 0.3) is 5.56 Å². The second kappa shape index (κ2) is 4.94. The van der Waals surface area contributed by atoms with Crippen LogP contribution in [0, 0.1) is 17.6 Å². The summed E-state index contributed by atoms with van der Waals surface area (Å²) >= 11 is 0.748. The highest BCUT2D eigenvalue weighted by Gasteiger charge is 2.12. The van der Waals surface area contributed by atoms with Crippen LogP contribution in [0.5, 0.6) is 0 Å². The minimum Gasteiger partial charge on any atom is -0.310 e. The van der Waals surface area contributed by atoms with Crippen LogP contribution in [0.25, 0.3) is 5.69 Å². The molecule has 0 saturated heterocycles. The van der Waals surface area contributed by atoms with Gasteiger partial charge in [0.05, 0.1) is 5.69 Å². The number of rotatable bonds is 2. The van der Waals surface area contributed by atoms with Crippen LogP contribution in [0.1, 0.15) is 5.69 Å². The first-order chi connectivity index (χ1) is 8.65. The van der Waals surface area contributed by atoms with Crippen molar-refractivity contribution in [3.8, 4) is 11.1 Å². The predicted octanol–water partition coefficient (Wildman–Crippen LogP) is 1.41. The van der Waals surface area contributed by atoms with Crippen molar-refractivity contribution in [1.82, 2.24) is 9.55 Å². The summed E-state index contributed by atoms with van der Waals surface area (Å²) in [4.78, 5) is 26.8. The number of nitrogens with zero attached hydrogens (tertiary/aromatic N) is 2. The molecule has 0 amide bonds. The smallest absolute Gasteiger partial charge is 0.310 e. The Morgan fingerprint density at radius 2 is 1.94 bits per heavy atom. The van der Waals surface area contributed by atoms with Crippen molar-refractivity contribution in [2.24, 2.45) is 0 Å². The fourth-order valence-corrected chi connectivity index (χ4v) is 2.08. The lowest BCUT2D eigenvalue weighted by Gasteiger charge is -2.07. The molecule has 2 rings (SSSR count). The van der Waals surface area contributed by atoms with Gasteiger partial charge in [0.15, 0.2) is 0 Å². The zero-order valence-corrected chi connectivity index (χ0v) is 10.3. The van der Waals surface area contributed by atoms with Crippen molar-refractivity contribution >= 4 is 11.8 Å². The van der Waals surface area contributed by atoms with Crippen molar-refractivity contribution in [3.05, 3.63) is 56.9 Å². The Labute approximate surface area is 107 Å². The van der Waals surface area contributed by atoms with Crippen molar-refractivity contribution in [2.75, 3.05) is 0 Å². The minimum atomic E-state index is -0.508. The van der Waals surface area contributed by atoms with E-state index in [9.17, 15) is 9.59 Å². The molecule has 0 aliphatic heterocycles. The zero-order chi connectivity index (χ0) is 13.1. The third kappa shape index (κ3) is 2.08. The topological polar surface area (TPSA) is 78.7 Å². The monoisotopic (exact) mass is 259 g/mol. The maximum absolute atomic E-state index is 12.2. The Balaban J connectivity index is 2.78. The van der Waals surface area contributed by atoms with Crippen LogP contribution in [-0.4, -0.2) is 9.55 Å². The molecule has 1 aromatic heterocycles. The number of nitriles is 1. The van der Waals surface area contributed by atoms with Gasteiger partial charge in [-0.05, 0) is 30.8 Å². The third-order valence-electron chi connectivity index (χ3n) is 2.40. The first-order valence-corrected chi connectivity index (χ1v) is 5.94. The van der Waals surface area contributed by atoms with Gasteiger partial charge in [-0.2, -0.15) is 5.26 Å². The van der Waals surface area contributed by atoms with E-state index in [1.807, 2.05) is 5.40 Å². The molecule has 90 valence electrons. The van der Waals surface area contributed by atoms with E-state index in [0.29, 0.717) is 11.4 Å². The van der Waals surface area contributed by atoms with E-state index in [2.05, 4.69) is 4.98 Å². The SMILES string of the molecule is Cc1[nH]c(=O)n(-c2ccccc2)c(=O)c1SC#N. The highest BCUT2D eigenvalue weighted by Crippen LogP contribution is 2.14. The summed E-state index contributed by atoms with van der Waals surface area (Å²) in [6.07, 6.45) is 0. The van der Waals surface area contributed by atoms with Gasteiger partial charge >= 0.3 is 5.69 Å². The van der Waals surface area contributed by atoms with E-state index in [1.54, 1.807) is 37.3 Å². The summed E-state index contributed by atoms with van der Waals surface area (Å²) < 4.78 is 1.02. The van der Waals surface area contributed by atoms with Gasteiger partial charge in [-0.15, -0.1) is 0 Å². The second-order valence-corrected chi connectivity index (χ2v) is 4.35. The number of H-pyrrole nitrogens is 1. The number of hydrogen-bond acceptors (Lipinski definition) is 4. The number of thiocyanates is 1. The Morgan fingerprint density at radius 1 is 1.28 bits per heavy atom. The van der Waals surface area contributed by atoms with Gasteiger partial charge in [-0.25, -0.2) is 9.36 Å². The summed E-state index contributed by atoms with van der Waals surface area (Å²) in [6, 6.07) is 8.58. The number of para-hydroxylation sites is 1. The fraction of sp³-hybridized carbons (Fsp3) is 0.0833. The lowest BCUT2D eigenvalue weighted by molar-refractivity contribution is 0.816. The molecule has 0 unspecified atom stereocenters. The van der Waals surface area contributed by atoms with Gasteiger partial charge in [0.2, 0.25) is 0 Å². The molecule has 0 radical (unpaired) electrons. The van der Waals surface area contributed by atoms with Gasteiger partial charge < -0.3 is 4.98 Å². The molecule has 0 spiro atoms. The largest absolute Gasteiger partial charge is 0.333 e. The molecule has 0 saturated carbocycles. The molecule has 5 nitrogen and oxygen atoms in total. The van der Waals surface area contributed by atoms with Gasteiger partial charge in [0.1, 0.15) is 10.3 Å². The van der Waals surface area contributed by atoms with E-state index in [4.69, 9.17) is 5.26 Å². The number of aromatic nitrogens is 2. The van der Waals surface area contributed by atoms with E-state index >= 15 is 0 Å². The maximum Gasteiger partial charge on any atom is 0.333 e. The van der Waals surface area contributed by atoms with Crippen LogP contribution in [0.15, 0.2) is 44.8 Å². The predicted molar refractivity (Wildman–Crippen MR) is 68.9 cm³/mol. The van der Waals surface area contributed by atoms with Gasteiger partial charge in [0, 0.05) is 5.69 Å². The third-order valence-corrected chi connectivity index (χ3v) is 3.17. The number of aryl methyl sites for hydroxylation is 1. The molecule has 1 aromatic carbocycles. The Hall–Kier alpha value is -2.26. The second-order valence-electron chi connectivity index (χ2n) is 3.55. The number of aromatic amines is 1. The van der Waals surface area contributed by atoms with Gasteiger partial charge in [-0.3, -0.25) is 4.79 Å². The quantitative estimate of drug-likeness (QED) is 0.653. The van der Waals surface area contributed by atoms with Crippen molar-refractivity contribution in [3.63, 3.8) is 0 Å². The van der Waals surface area contributed by atoms with E-state index < -0.39 is 11.2 Å². The fourth-order valence-electron chi connectivity index (χ4n) is 1.60. The average Bonchev–Trinajstić information content (AvgIpc) is 2.35.